The van der Waals surface area contributed by atoms with E-state index in [9.17, 15) is 4.39 Å². The van der Waals surface area contributed by atoms with Crippen molar-refractivity contribution in [2.75, 3.05) is 6.54 Å². The number of rotatable bonds is 4. The highest BCUT2D eigenvalue weighted by Crippen LogP contribution is 2.29. The van der Waals surface area contributed by atoms with E-state index in [2.05, 4.69) is 12.2 Å². The van der Waals surface area contributed by atoms with Gasteiger partial charge >= 0.3 is 0 Å². The third-order valence-electron chi connectivity index (χ3n) is 3.89. The molecule has 1 aliphatic heterocycles. The van der Waals surface area contributed by atoms with E-state index in [4.69, 9.17) is 0 Å². The monoisotopic (exact) mass is 235 g/mol. The summed E-state index contributed by atoms with van der Waals surface area (Å²) in [7, 11) is 0. The second-order valence-electron chi connectivity index (χ2n) is 5.31. The first-order chi connectivity index (χ1) is 8.15. The summed E-state index contributed by atoms with van der Waals surface area (Å²) in [6.45, 7) is 5.37. The lowest BCUT2D eigenvalue weighted by atomic mass is 9.84. The second kappa shape index (κ2) is 5.18. The predicted octanol–water partition coefficient (Wildman–Crippen LogP) is 3.60. The van der Waals surface area contributed by atoms with Crippen LogP contribution in [0.15, 0.2) is 18.2 Å². The van der Waals surface area contributed by atoms with Crippen molar-refractivity contribution in [1.29, 1.82) is 0 Å². The van der Waals surface area contributed by atoms with E-state index in [0.29, 0.717) is 0 Å². The molecule has 1 saturated heterocycles. The molecule has 1 aromatic carbocycles. The Morgan fingerprint density at radius 3 is 2.82 bits per heavy atom. The topological polar surface area (TPSA) is 12.0 Å². The van der Waals surface area contributed by atoms with Crippen molar-refractivity contribution in [3.05, 3.63) is 35.1 Å². The molecule has 1 aliphatic rings. The number of nitrogens with one attached hydrogen (secondary N) is 1. The van der Waals surface area contributed by atoms with Gasteiger partial charge in [-0.05, 0) is 62.4 Å². The van der Waals surface area contributed by atoms with Gasteiger partial charge in [0.25, 0.3) is 0 Å². The van der Waals surface area contributed by atoms with Gasteiger partial charge in [-0.1, -0.05) is 19.4 Å². The SMILES string of the molecule is CCCC1(Cc2ccc(F)cc2C)CCCN1. The van der Waals surface area contributed by atoms with Gasteiger partial charge in [-0.15, -0.1) is 0 Å². The highest BCUT2D eigenvalue weighted by Gasteiger charge is 2.32. The van der Waals surface area contributed by atoms with Gasteiger partial charge in [-0.25, -0.2) is 4.39 Å². The minimum atomic E-state index is -0.129. The molecular formula is C15H22FN. The molecular weight excluding hydrogens is 213 g/mol. The Labute approximate surface area is 103 Å². The Hall–Kier alpha value is -0.890. The summed E-state index contributed by atoms with van der Waals surface area (Å²) in [5.41, 5.74) is 2.63. The Bertz CT molecular complexity index is 381. The lowest BCUT2D eigenvalue weighted by molar-refractivity contribution is 0.341. The van der Waals surface area contributed by atoms with E-state index in [1.54, 1.807) is 12.1 Å². The number of halogens is 1. The van der Waals surface area contributed by atoms with Crippen LogP contribution in [0.2, 0.25) is 0 Å². The maximum atomic E-state index is 13.1. The normalized spacial score (nSPS) is 24.2. The zero-order chi connectivity index (χ0) is 12.3. The van der Waals surface area contributed by atoms with E-state index < -0.39 is 0 Å². The molecule has 2 rings (SSSR count). The fraction of sp³-hybridized carbons (Fsp3) is 0.600. The lowest BCUT2D eigenvalue weighted by Crippen LogP contribution is -2.41. The summed E-state index contributed by atoms with van der Waals surface area (Å²) >= 11 is 0. The Kier molecular flexibility index (Phi) is 3.82. The van der Waals surface area contributed by atoms with Crippen LogP contribution in [0.1, 0.15) is 43.7 Å². The summed E-state index contributed by atoms with van der Waals surface area (Å²) in [5, 5.41) is 3.67. The summed E-state index contributed by atoms with van der Waals surface area (Å²) in [6.07, 6.45) is 5.96. The molecule has 0 radical (unpaired) electrons. The molecule has 0 saturated carbocycles. The van der Waals surface area contributed by atoms with Crippen molar-refractivity contribution >= 4 is 0 Å². The molecule has 0 bridgehead atoms. The smallest absolute Gasteiger partial charge is 0.123 e. The summed E-state index contributed by atoms with van der Waals surface area (Å²) in [6, 6.07) is 5.17. The standard InChI is InChI=1S/C15H22FN/c1-3-7-15(8-4-9-17-15)11-13-5-6-14(16)10-12(13)2/h5-6,10,17H,3-4,7-9,11H2,1-2H3. The van der Waals surface area contributed by atoms with Crippen LogP contribution in [-0.2, 0) is 6.42 Å². The Morgan fingerprint density at radius 1 is 1.41 bits per heavy atom. The first-order valence-corrected chi connectivity index (χ1v) is 6.65. The van der Waals surface area contributed by atoms with Crippen LogP contribution >= 0.6 is 0 Å². The van der Waals surface area contributed by atoms with Crippen molar-refractivity contribution in [3.63, 3.8) is 0 Å². The molecule has 94 valence electrons. The van der Waals surface area contributed by atoms with Crippen LogP contribution < -0.4 is 5.32 Å². The molecule has 1 heterocycles. The number of hydrogen-bond donors (Lipinski definition) is 1. The molecule has 0 aliphatic carbocycles. The first kappa shape index (κ1) is 12.6. The average Bonchev–Trinajstić information content (AvgIpc) is 2.72. The van der Waals surface area contributed by atoms with Gasteiger partial charge < -0.3 is 5.32 Å². The molecule has 1 fully saturated rings. The van der Waals surface area contributed by atoms with Crippen LogP contribution in [0.25, 0.3) is 0 Å². The van der Waals surface area contributed by atoms with Gasteiger partial charge in [0.1, 0.15) is 5.82 Å². The predicted molar refractivity (Wildman–Crippen MR) is 69.7 cm³/mol. The van der Waals surface area contributed by atoms with Crippen molar-refractivity contribution < 1.29 is 4.39 Å². The third kappa shape index (κ3) is 2.86. The minimum Gasteiger partial charge on any atom is -0.311 e. The molecule has 1 atom stereocenters. The van der Waals surface area contributed by atoms with E-state index in [-0.39, 0.29) is 11.4 Å². The Morgan fingerprint density at radius 2 is 2.24 bits per heavy atom. The number of benzene rings is 1. The molecule has 1 aromatic rings. The van der Waals surface area contributed by atoms with E-state index in [1.165, 1.54) is 31.2 Å². The molecule has 1 unspecified atom stereocenters. The molecule has 0 spiro atoms. The van der Waals surface area contributed by atoms with E-state index >= 15 is 0 Å². The van der Waals surface area contributed by atoms with Crippen LogP contribution in [-0.4, -0.2) is 12.1 Å². The van der Waals surface area contributed by atoms with Gasteiger partial charge in [0.2, 0.25) is 0 Å². The maximum absolute atomic E-state index is 13.1. The minimum absolute atomic E-state index is 0.129. The van der Waals surface area contributed by atoms with Crippen LogP contribution in [0.3, 0.4) is 0 Å². The van der Waals surface area contributed by atoms with Gasteiger partial charge in [-0.3, -0.25) is 0 Å². The van der Waals surface area contributed by atoms with Crippen LogP contribution in [0.4, 0.5) is 4.39 Å². The van der Waals surface area contributed by atoms with Crippen molar-refractivity contribution in [2.45, 2.75) is 51.5 Å². The van der Waals surface area contributed by atoms with Crippen LogP contribution in [0.5, 0.6) is 0 Å². The zero-order valence-corrected chi connectivity index (χ0v) is 10.9. The molecule has 1 nitrogen and oxygen atoms in total. The summed E-state index contributed by atoms with van der Waals surface area (Å²) in [4.78, 5) is 0. The largest absolute Gasteiger partial charge is 0.311 e. The van der Waals surface area contributed by atoms with Crippen molar-refractivity contribution in [3.8, 4) is 0 Å². The van der Waals surface area contributed by atoms with Crippen molar-refractivity contribution in [2.24, 2.45) is 0 Å². The quantitative estimate of drug-likeness (QED) is 0.840. The number of hydrogen-bond acceptors (Lipinski definition) is 1. The van der Waals surface area contributed by atoms with Gasteiger partial charge in [0, 0.05) is 5.54 Å². The molecule has 17 heavy (non-hydrogen) atoms. The molecule has 0 amide bonds. The molecule has 2 heteroatoms. The molecule has 0 aromatic heterocycles. The Balaban J connectivity index is 2.17. The van der Waals surface area contributed by atoms with Gasteiger partial charge in [0.15, 0.2) is 0 Å². The highest BCUT2D eigenvalue weighted by atomic mass is 19.1. The average molecular weight is 235 g/mol. The highest BCUT2D eigenvalue weighted by molar-refractivity contribution is 5.28. The lowest BCUT2D eigenvalue weighted by Gasteiger charge is -2.30. The third-order valence-corrected chi connectivity index (χ3v) is 3.89. The fourth-order valence-electron chi connectivity index (χ4n) is 3.02. The fourth-order valence-corrected chi connectivity index (χ4v) is 3.02. The summed E-state index contributed by atoms with van der Waals surface area (Å²) in [5.74, 6) is -0.129. The van der Waals surface area contributed by atoms with Crippen LogP contribution in [0, 0.1) is 12.7 Å². The van der Waals surface area contributed by atoms with Gasteiger partial charge in [0.05, 0.1) is 0 Å². The summed E-state index contributed by atoms with van der Waals surface area (Å²) < 4.78 is 13.1. The van der Waals surface area contributed by atoms with E-state index in [1.807, 2.05) is 13.0 Å². The first-order valence-electron chi connectivity index (χ1n) is 6.65. The van der Waals surface area contributed by atoms with E-state index in [0.717, 1.165) is 18.5 Å². The zero-order valence-electron chi connectivity index (χ0n) is 10.9. The molecule has 1 N–H and O–H groups in total. The van der Waals surface area contributed by atoms with Crippen molar-refractivity contribution in [1.82, 2.24) is 5.32 Å². The number of aryl methyl sites for hydroxylation is 1. The second-order valence-corrected chi connectivity index (χ2v) is 5.31. The maximum Gasteiger partial charge on any atom is 0.123 e. The van der Waals surface area contributed by atoms with Gasteiger partial charge in [-0.2, -0.15) is 0 Å².